The molecule has 1 N–H and O–H groups in total. The summed E-state index contributed by atoms with van der Waals surface area (Å²) in [7, 11) is 0. The molecule has 0 unspecified atom stereocenters. The number of hydrogen-bond acceptors (Lipinski definition) is 4. The maximum absolute atomic E-state index is 5.48. The number of pyridine rings is 1. The van der Waals surface area contributed by atoms with Gasteiger partial charge in [-0.15, -0.1) is 0 Å². The summed E-state index contributed by atoms with van der Waals surface area (Å²) < 4.78 is 12.8. The summed E-state index contributed by atoms with van der Waals surface area (Å²) >= 11 is 0. The minimum absolute atomic E-state index is 0.183. The van der Waals surface area contributed by atoms with Crippen LogP contribution in [0.25, 0.3) is 5.52 Å². The Labute approximate surface area is 113 Å². The predicted octanol–water partition coefficient (Wildman–Crippen LogP) is 1.82. The average molecular weight is 263 g/mol. The second-order valence-corrected chi connectivity index (χ2v) is 4.17. The lowest BCUT2D eigenvalue weighted by Gasteiger charge is -2.17. The van der Waals surface area contributed by atoms with Crippen LogP contribution in [-0.4, -0.2) is 35.7 Å². The van der Waals surface area contributed by atoms with Gasteiger partial charge in [0.2, 0.25) is 0 Å². The van der Waals surface area contributed by atoms with Crippen LogP contribution < -0.4 is 5.32 Å². The fourth-order valence-corrected chi connectivity index (χ4v) is 1.99. The summed E-state index contributed by atoms with van der Waals surface area (Å²) in [6.07, 6.45) is 3.65. The topological polar surface area (TPSA) is 47.8 Å². The summed E-state index contributed by atoms with van der Waals surface area (Å²) in [6, 6.07) is 6.05. The monoisotopic (exact) mass is 263 g/mol. The van der Waals surface area contributed by atoms with Gasteiger partial charge in [-0.25, -0.2) is 4.52 Å². The molecule has 0 bridgehead atoms. The van der Waals surface area contributed by atoms with E-state index in [9.17, 15) is 0 Å². The van der Waals surface area contributed by atoms with Crippen molar-refractivity contribution in [2.24, 2.45) is 0 Å². The Kier molecular flexibility index (Phi) is 5.32. The van der Waals surface area contributed by atoms with Crippen molar-refractivity contribution in [3.63, 3.8) is 0 Å². The minimum atomic E-state index is -0.183. The van der Waals surface area contributed by atoms with Crippen molar-refractivity contribution in [3.8, 4) is 0 Å². The number of ether oxygens (including phenoxy) is 2. The molecule has 5 heteroatoms. The molecule has 0 amide bonds. The summed E-state index contributed by atoms with van der Waals surface area (Å²) in [6.45, 7) is 6.68. The molecule has 5 nitrogen and oxygen atoms in total. The van der Waals surface area contributed by atoms with E-state index in [1.54, 1.807) is 0 Å². The van der Waals surface area contributed by atoms with Gasteiger partial charge in [0.25, 0.3) is 0 Å². The van der Waals surface area contributed by atoms with Crippen LogP contribution in [0.1, 0.15) is 19.4 Å². The van der Waals surface area contributed by atoms with Gasteiger partial charge in [0.15, 0.2) is 6.29 Å². The van der Waals surface area contributed by atoms with Crippen molar-refractivity contribution in [1.82, 2.24) is 14.9 Å². The van der Waals surface area contributed by atoms with E-state index in [0.717, 1.165) is 12.1 Å². The van der Waals surface area contributed by atoms with E-state index in [-0.39, 0.29) is 6.29 Å². The second-order valence-electron chi connectivity index (χ2n) is 4.17. The molecule has 0 atom stereocenters. The number of aromatic nitrogens is 2. The zero-order chi connectivity index (χ0) is 13.5. The Balaban J connectivity index is 1.88. The van der Waals surface area contributed by atoms with Crippen molar-refractivity contribution in [2.75, 3.05) is 19.8 Å². The molecule has 0 aromatic carbocycles. The fourth-order valence-electron chi connectivity index (χ4n) is 1.99. The molecule has 2 heterocycles. The molecule has 0 aliphatic rings. The summed E-state index contributed by atoms with van der Waals surface area (Å²) in [4.78, 5) is 0. The molecule has 19 heavy (non-hydrogen) atoms. The number of hydrogen-bond donors (Lipinski definition) is 1. The van der Waals surface area contributed by atoms with Gasteiger partial charge in [0, 0.05) is 38.1 Å². The van der Waals surface area contributed by atoms with Gasteiger partial charge in [0.05, 0.1) is 11.7 Å². The first-order chi connectivity index (χ1) is 9.35. The highest BCUT2D eigenvalue weighted by Gasteiger charge is 2.08. The van der Waals surface area contributed by atoms with Gasteiger partial charge >= 0.3 is 0 Å². The third-order valence-electron chi connectivity index (χ3n) is 2.84. The molecule has 104 valence electrons. The van der Waals surface area contributed by atoms with Crippen LogP contribution in [0, 0.1) is 0 Å². The van der Waals surface area contributed by atoms with Crippen molar-refractivity contribution in [2.45, 2.75) is 26.7 Å². The van der Waals surface area contributed by atoms with E-state index < -0.39 is 0 Å². The standard InChI is InChI=1S/C14H21N3O2/c1-3-18-14(19-4-2)11-15-9-12-10-16-17-8-6-5-7-13(12)17/h5-8,10,14-15H,3-4,9,11H2,1-2H3. The smallest absolute Gasteiger partial charge is 0.169 e. The number of rotatable bonds is 8. The molecule has 0 aliphatic heterocycles. The van der Waals surface area contributed by atoms with E-state index in [0.29, 0.717) is 19.8 Å². The normalized spacial score (nSPS) is 11.5. The van der Waals surface area contributed by atoms with E-state index in [4.69, 9.17) is 9.47 Å². The first-order valence-electron chi connectivity index (χ1n) is 6.70. The maximum Gasteiger partial charge on any atom is 0.169 e. The third kappa shape index (κ3) is 3.76. The van der Waals surface area contributed by atoms with Crippen molar-refractivity contribution < 1.29 is 9.47 Å². The Morgan fingerprint density at radius 3 is 2.79 bits per heavy atom. The van der Waals surface area contributed by atoms with Crippen LogP contribution >= 0.6 is 0 Å². The lowest BCUT2D eigenvalue weighted by Crippen LogP contribution is -2.31. The zero-order valence-corrected chi connectivity index (χ0v) is 11.5. The number of nitrogens with one attached hydrogen (secondary N) is 1. The van der Waals surface area contributed by atoms with Crippen LogP contribution in [0.3, 0.4) is 0 Å². The summed E-state index contributed by atoms with van der Waals surface area (Å²) in [5.41, 5.74) is 2.30. The molecule has 0 saturated carbocycles. The van der Waals surface area contributed by atoms with Crippen LogP contribution in [0.5, 0.6) is 0 Å². The van der Waals surface area contributed by atoms with Crippen LogP contribution in [-0.2, 0) is 16.0 Å². The SMILES string of the molecule is CCOC(CNCc1cnn2ccccc12)OCC. The first kappa shape index (κ1) is 14.0. The van der Waals surface area contributed by atoms with Gasteiger partial charge in [0.1, 0.15) is 0 Å². The second kappa shape index (κ2) is 7.23. The van der Waals surface area contributed by atoms with Crippen LogP contribution in [0.4, 0.5) is 0 Å². The van der Waals surface area contributed by atoms with E-state index in [2.05, 4.69) is 16.5 Å². The minimum Gasteiger partial charge on any atom is -0.352 e. The lowest BCUT2D eigenvalue weighted by atomic mass is 10.2. The van der Waals surface area contributed by atoms with Gasteiger partial charge in [-0.1, -0.05) is 6.07 Å². The van der Waals surface area contributed by atoms with Crippen LogP contribution in [0.2, 0.25) is 0 Å². The highest BCUT2D eigenvalue weighted by atomic mass is 16.7. The van der Waals surface area contributed by atoms with Crippen molar-refractivity contribution in [3.05, 3.63) is 36.2 Å². The van der Waals surface area contributed by atoms with Gasteiger partial charge < -0.3 is 14.8 Å². The molecule has 2 aromatic rings. The quantitative estimate of drug-likeness (QED) is 0.738. The predicted molar refractivity (Wildman–Crippen MR) is 73.9 cm³/mol. The third-order valence-corrected chi connectivity index (χ3v) is 2.84. The summed E-state index contributed by atoms with van der Waals surface area (Å²) in [5.74, 6) is 0. The lowest BCUT2D eigenvalue weighted by molar-refractivity contribution is -0.133. The summed E-state index contributed by atoms with van der Waals surface area (Å²) in [5, 5.41) is 7.65. The average Bonchev–Trinajstić information content (AvgIpc) is 2.83. The number of nitrogens with zero attached hydrogens (tertiary/aromatic N) is 2. The maximum atomic E-state index is 5.48. The molecule has 0 radical (unpaired) electrons. The Morgan fingerprint density at radius 1 is 1.26 bits per heavy atom. The van der Waals surface area contributed by atoms with Crippen molar-refractivity contribution >= 4 is 5.52 Å². The highest BCUT2D eigenvalue weighted by Crippen LogP contribution is 2.09. The molecule has 0 saturated heterocycles. The van der Waals surface area contributed by atoms with E-state index in [1.165, 1.54) is 5.56 Å². The Hall–Kier alpha value is -1.43. The van der Waals surface area contributed by atoms with Gasteiger partial charge in [-0.2, -0.15) is 5.10 Å². The first-order valence-corrected chi connectivity index (χ1v) is 6.70. The highest BCUT2D eigenvalue weighted by molar-refractivity contribution is 5.53. The molecule has 0 aliphatic carbocycles. The Bertz CT molecular complexity index is 492. The zero-order valence-electron chi connectivity index (χ0n) is 11.5. The van der Waals surface area contributed by atoms with Crippen molar-refractivity contribution in [1.29, 1.82) is 0 Å². The molecular formula is C14H21N3O2. The molecule has 2 aromatic heterocycles. The van der Waals surface area contributed by atoms with Crippen LogP contribution in [0.15, 0.2) is 30.6 Å². The largest absolute Gasteiger partial charge is 0.352 e. The molecule has 2 rings (SSSR count). The molecule has 0 fully saturated rings. The molecule has 0 spiro atoms. The Morgan fingerprint density at radius 2 is 2.05 bits per heavy atom. The number of fused-ring (bicyclic) bond motifs is 1. The van der Waals surface area contributed by atoms with Gasteiger partial charge in [-0.05, 0) is 26.0 Å². The van der Waals surface area contributed by atoms with E-state index >= 15 is 0 Å². The van der Waals surface area contributed by atoms with E-state index in [1.807, 2.05) is 42.9 Å². The fraction of sp³-hybridized carbons (Fsp3) is 0.500. The molecular weight excluding hydrogens is 242 g/mol. The van der Waals surface area contributed by atoms with Gasteiger partial charge in [-0.3, -0.25) is 0 Å².